The molecule has 104 valence electrons. The zero-order valence-corrected chi connectivity index (χ0v) is 13.5. The average molecular weight is 275 g/mol. The molecule has 0 saturated carbocycles. The molecule has 0 atom stereocenters. The lowest BCUT2D eigenvalue weighted by atomic mass is 10.0. The second kappa shape index (κ2) is 5.61. The second-order valence-electron chi connectivity index (χ2n) is 6.23. The van der Waals surface area contributed by atoms with Crippen LogP contribution in [-0.4, -0.2) is 25.7 Å². The Bertz CT molecular complexity index is 486. The van der Waals surface area contributed by atoms with Crippen LogP contribution in [0.3, 0.4) is 0 Å². The predicted octanol–water partition coefficient (Wildman–Crippen LogP) is 2.90. The van der Waals surface area contributed by atoms with Crippen LogP contribution in [0.4, 0.5) is 0 Å². The van der Waals surface area contributed by atoms with Gasteiger partial charge < -0.3 is 10.1 Å². The Kier molecular flexibility index (Phi) is 4.28. The van der Waals surface area contributed by atoms with E-state index >= 15 is 0 Å². The van der Waals surface area contributed by atoms with Crippen molar-refractivity contribution in [2.24, 2.45) is 0 Å². The molecule has 1 aromatic carbocycles. The molecule has 0 fully saturated rings. The summed E-state index contributed by atoms with van der Waals surface area (Å²) in [7, 11) is -2.18. The van der Waals surface area contributed by atoms with Crippen molar-refractivity contribution in [1.82, 2.24) is 5.32 Å². The molecule has 0 radical (unpaired) electrons. The lowest BCUT2D eigenvalue weighted by Crippen LogP contribution is -2.27. The summed E-state index contributed by atoms with van der Waals surface area (Å²) in [5.41, 5.74) is 4.05. The van der Waals surface area contributed by atoms with Gasteiger partial charge in [-0.25, -0.2) is 0 Å². The minimum absolute atomic E-state index is 0.545. The van der Waals surface area contributed by atoms with Gasteiger partial charge in [0, 0.05) is 6.04 Å². The smallest absolute Gasteiger partial charge is 0.214 e. The van der Waals surface area contributed by atoms with Gasteiger partial charge in [0.05, 0.1) is 0 Å². The van der Waals surface area contributed by atoms with Crippen LogP contribution in [0.5, 0.6) is 0 Å². The van der Waals surface area contributed by atoms with Crippen LogP contribution >= 0.6 is 0 Å². The molecule has 2 nitrogen and oxygen atoms in total. The highest BCUT2D eigenvalue weighted by molar-refractivity contribution is 6.88. The Labute approximate surface area is 117 Å². The van der Waals surface area contributed by atoms with Crippen LogP contribution in [0.15, 0.2) is 24.3 Å². The van der Waals surface area contributed by atoms with Gasteiger partial charge in [0.2, 0.25) is 8.32 Å². The third-order valence-corrected chi connectivity index (χ3v) is 5.40. The van der Waals surface area contributed by atoms with Gasteiger partial charge >= 0.3 is 0 Å². The van der Waals surface area contributed by atoms with Crippen LogP contribution in [-0.2, 0) is 12.8 Å². The van der Waals surface area contributed by atoms with E-state index in [-0.39, 0.29) is 0 Å². The van der Waals surface area contributed by atoms with Crippen molar-refractivity contribution < 1.29 is 4.80 Å². The minimum atomic E-state index is -2.18. The van der Waals surface area contributed by atoms with Crippen molar-refractivity contribution in [3.8, 4) is 0 Å². The van der Waals surface area contributed by atoms with Crippen molar-refractivity contribution in [1.29, 1.82) is 0 Å². The monoisotopic (exact) mass is 275 g/mol. The molecule has 0 unspecified atom stereocenters. The van der Waals surface area contributed by atoms with Crippen molar-refractivity contribution in [3.05, 3.63) is 41.0 Å². The van der Waals surface area contributed by atoms with Crippen LogP contribution in [0.1, 0.15) is 30.5 Å². The number of benzene rings is 1. The van der Waals surface area contributed by atoms with Crippen molar-refractivity contribution in [2.45, 2.75) is 45.8 Å². The van der Waals surface area contributed by atoms with E-state index in [9.17, 15) is 4.80 Å². The van der Waals surface area contributed by atoms with E-state index in [0.29, 0.717) is 6.04 Å². The number of hydrogen-bond donors (Lipinski definition) is 2. The zero-order chi connectivity index (χ0) is 14.0. The molecule has 1 aromatic rings. The molecule has 1 aliphatic rings. The molecule has 0 saturated heterocycles. The number of fused-ring (bicyclic) bond motifs is 1. The summed E-state index contributed by atoms with van der Waals surface area (Å²) in [5.74, 6) is 0. The highest BCUT2D eigenvalue weighted by Gasteiger charge is 2.28. The fourth-order valence-electron chi connectivity index (χ4n) is 2.64. The maximum atomic E-state index is 10.3. The largest absolute Gasteiger partial charge is 0.428 e. The van der Waals surface area contributed by atoms with Crippen LogP contribution < -0.4 is 5.32 Å². The molecule has 3 heteroatoms. The van der Waals surface area contributed by atoms with Crippen LogP contribution in [0.2, 0.25) is 13.1 Å². The highest BCUT2D eigenvalue weighted by atomic mass is 28.4. The van der Waals surface area contributed by atoms with E-state index in [1.54, 1.807) is 0 Å². The lowest BCUT2D eigenvalue weighted by molar-refractivity contribution is 0.570. The van der Waals surface area contributed by atoms with Gasteiger partial charge in [0.15, 0.2) is 0 Å². The summed E-state index contributed by atoms with van der Waals surface area (Å²) < 4.78 is 0. The molecule has 2 N–H and O–H groups in total. The van der Waals surface area contributed by atoms with Crippen molar-refractivity contribution in [3.63, 3.8) is 0 Å². The topological polar surface area (TPSA) is 32.3 Å². The summed E-state index contributed by atoms with van der Waals surface area (Å²) in [5, 5.41) is 4.65. The molecule has 1 aliphatic carbocycles. The fraction of sp³-hybridized carbons (Fsp3) is 0.500. The first-order valence-corrected chi connectivity index (χ1v) is 10.1. The van der Waals surface area contributed by atoms with Gasteiger partial charge in [0.1, 0.15) is 0 Å². The van der Waals surface area contributed by atoms with Gasteiger partial charge in [-0.1, -0.05) is 38.1 Å². The van der Waals surface area contributed by atoms with Crippen LogP contribution in [0.25, 0.3) is 5.20 Å². The van der Waals surface area contributed by atoms with Gasteiger partial charge in [-0.2, -0.15) is 0 Å². The summed E-state index contributed by atoms with van der Waals surface area (Å²) >= 11 is 0. The van der Waals surface area contributed by atoms with E-state index in [2.05, 4.69) is 43.4 Å². The Balaban J connectivity index is 2.07. The van der Waals surface area contributed by atoms with Gasteiger partial charge in [-0.05, 0) is 54.4 Å². The molecule has 0 spiro atoms. The standard InChI is InChI=1S/C16H25NOSi/c1-12(2)17-10-9-13-5-7-15-14(11-13)6-8-16(15)19(3,4)18/h5,7-8,11-12,17-18H,6,9-10H2,1-4H3. The normalized spacial score (nSPS) is 14.7. The molecular weight excluding hydrogens is 250 g/mol. The van der Waals surface area contributed by atoms with E-state index in [4.69, 9.17) is 0 Å². The zero-order valence-electron chi connectivity index (χ0n) is 12.5. The maximum Gasteiger partial charge on any atom is 0.214 e. The minimum Gasteiger partial charge on any atom is -0.428 e. The van der Waals surface area contributed by atoms with Gasteiger partial charge in [-0.3, -0.25) is 0 Å². The average Bonchev–Trinajstić information content (AvgIpc) is 2.71. The number of rotatable bonds is 5. The lowest BCUT2D eigenvalue weighted by Gasteiger charge is -2.18. The maximum absolute atomic E-state index is 10.3. The molecule has 0 heterocycles. The summed E-state index contributed by atoms with van der Waals surface area (Å²) in [6, 6.07) is 7.26. The second-order valence-corrected chi connectivity index (χ2v) is 9.89. The SMILES string of the molecule is CC(C)NCCc1ccc2c(c1)CC=C2[Si](C)(C)O. The molecule has 0 aromatic heterocycles. The predicted molar refractivity (Wildman–Crippen MR) is 84.7 cm³/mol. The molecule has 0 bridgehead atoms. The first-order valence-electron chi connectivity index (χ1n) is 7.16. The third-order valence-electron chi connectivity index (χ3n) is 3.61. The van der Waals surface area contributed by atoms with Crippen molar-refractivity contribution >= 4 is 13.5 Å². The Morgan fingerprint density at radius 3 is 2.68 bits per heavy atom. The quantitative estimate of drug-likeness (QED) is 0.810. The van der Waals surface area contributed by atoms with E-state index in [1.165, 1.54) is 21.9 Å². The number of allylic oxidation sites excluding steroid dienone is 1. The first kappa shape index (κ1) is 14.5. The first-order chi connectivity index (χ1) is 8.88. The molecule has 0 aliphatic heterocycles. The molecule has 0 amide bonds. The van der Waals surface area contributed by atoms with E-state index < -0.39 is 8.32 Å². The van der Waals surface area contributed by atoms with Crippen molar-refractivity contribution in [2.75, 3.05) is 6.54 Å². The third kappa shape index (κ3) is 3.56. The Morgan fingerprint density at radius 1 is 1.32 bits per heavy atom. The van der Waals surface area contributed by atoms with E-state index in [1.807, 2.05) is 13.1 Å². The Morgan fingerprint density at radius 2 is 2.05 bits per heavy atom. The van der Waals surface area contributed by atoms with Gasteiger partial charge in [-0.15, -0.1) is 0 Å². The van der Waals surface area contributed by atoms with E-state index in [0.717, 1.165) is 19.4 Å². The van der Waals surface area contributed by atoms with Crippen LogP contribution in [0, 0.1) is 0 Å². The molecular formula is C16H25NOSi. The summed E-state index contributed by atoms with van der Waals surface area (Å²) in [6.45, 7) is 9.36. The Hall–Kier alpha value is -0.903. The van der Waals surface area contributed by atoms with Gasteiger partial charge in [0.25, 0.3) is 0 Å². The number of hydrogen-bond acceptors (Lipinski definition) is 2. The summed E-state index contributed by atoms with van der Waals surface area (Å²) in [6.07, 6.45) is 4.26. The molecule has 2 rings (SSSR count). The summed E-state index contributed by atoms with van der Waals surface area (Å²) in [4.78, 5) is 10.3. The fourth-order valence-corrected chi connectivity index (χ4v) is 4.15. The molecule has 19 heavy (non-hydrogen) atoms. The number of nitrogens with one attached hydrogen (secondary N) is 1. The highest BCUT2D eigenvalue weighted by Crippen LogP contribution is 2.33.